The number of nitriles is 1. The maximum atomic E-state index is 14.0. The number of nitrogens with one attached hydrogen (secondary N) is 1. The van der Waals surface area contributed by atoms with Gasteiger partial charge in [-0.15, -0.1) is 0 Å². The Balaban J connectivity index is 1.46. The lowest BCUT2D eigenvalue weighted by atomic mass is 9.80. The van der Waals surface area contributed by atoms with Gasteiger partial charge < -0.3 is 15.1 Å². The zero-order chi connectivity index (χ0) is 27.2. The van der Waals surface area contributed by atoms with Crippen LogP contribution in [0, 0.1) is 23.1 Å². The highest BCUT2D eigenvalue weighted by Gasteiger charge is 2.56. The zero-order valence-corrected chi connectivity index (χ0v) is 21.4. The van der Waals surface area contributed by atoms with Gasteiger partial charge in [0.25, 0.3) is 5.91 Å². The van der Waals surface area contributed by atoms with Crippen LogP contribution >= 0.6 is 0 Å². The van der Waals surface area contributed by atoms with Crippen molar-refractivity contribution >= 4 is 34.3 Å². The molecule has 1 aromatic heterocycles. The number of amides is 3. The first-order valence-electron chi connectivity index (χ1n) is 12.6. The molecule has 194 valence electrons. The van der Waals surface area contributed by atoms with Gasteiger partial charge in [0.2, 0.25) is 11.8 Å². The average molecular weight is 514 g/mol. The highest BCUT2D eigenvalue weighted by molar-refractivity contribution is 6.07. The number of fused-ring (bicyclic) bond motifs is 3. The van der Waals surface area contributed by atoms with Crippen molar-refractivity contribution in [3.63, 3.8) is 0 Å². The van der Waals surface area contributed by atoms with Gasteiger partial charge in [-0.25, -0.2) is 4.39 Å². The molecule has 2 aromatic carbocycles. The minimum absolute atomic E-state index is 0.0559. The Kier molecular flexibility index (Phi) is 6.35. The molecule has 3 atom stereocenters. The molecule has 0 unspecified atom stereocenters. The van der Waals surface area contributed by atoms with Crippen molar-refractivity contribution < 1.29 is 18.8 Å². The van der Waals surface area contributed by atoms with Crippen molar-refractivity contribution in [3.05, 3.63) is 71.7 Å². The summed E-state index contributed by atoms with van der Waals surface area (Å²) in [6, 6.07) is 13.6. The van der Waals surface area contributed by atoms with Gasteiger partial charge >= 0.3 is 0 Å². The third-order valence-corrected chi connectivity index (χ3v) is 7.57. The summed E-state index contributed by atoms with van der Waals surface area (Å²) in [6.45, 7) is 3.96. The maximum Gasteiger partial charge on any atom is 0.255 e. The second-order valence-electron chi connectivity index (χ2n) is 10.5. The molecule has 2 aliphatic heterocycles. The molecule has 3 aromatic rings. The summed E-state index contributed by atoms with van der Waals surface area (Å²) in [6.07, 6.45) is 1.96. The number of anilines is 1. The quantitative estimate of drug-likeness (QED) is 0.557. The normalized spacial score (nSPS) is 20.9. The Labute approximate surface area is 220 Å². The van der Waals surface area contributed by atoms with E-state index in [-0.39, 0.29) is 36.3 Å². The highest BCUT2D eigenvalue weighted by Crippen LogP contribution is 2.46. The lowest BCUT2D eigenvalue weighted by molar-refractivity contribution is -0.136. The molecule has 0 radical (unpaired) electrons. The molecule has 38 heavy (non-hydrogen) atoms. The maximum absolute atomic E-state index is 14.0. The fourth-order valence-corrected chi connectivity index (χ4v) is 5.61. The smallest absolute Gasteiger partial charge is 0.255 e. The molecule has 3 heterocycles. The van der Waals surface area contributed by atoms with Crippen LogP contribution in [0.5, 0.6) is 0 Å². The molecule has 9 heteroatoms. The standard InChI is InChI=1S/C29H28FN5O3/c1-17(2)10-25(34(3)26(36)19-11-18-12-20(30)8-9-23(18)32-15-19)27(37)35-16-29(13-21(35)14-31)22-6-4-5-7-24(22)33-28(29)38/h4-9,11-12,15,17,21,25H,10,13,16H2,1-3H3,(H,33,38)/t21-,25-,29-/m0/s1. The van der Waals surface area contributed by atoms with Gasteiger partial charge in [0.15, 0.2) is 0 Å². The molecule has 5 rings (SSSR count). The number of hydrogen-bond acceptors (Lipinski definition) is 5. The van der Waals surface area contributed by atoms with E-state index >= 15 is 0 Å². The third kappa shape index (κ3) is 4.16. The second-order valence-corrected chi connectivity index (χ2v) is 10.5. The summed E-state index contributed by atoms with van der Waals surface area (Å²) in [5, 5.41) is 13.4. The number of hydrogen-bond donors (Lipinski definition) is 1. The molecule has 1 N–H and O–H groups in total. The van der Waals surface area contributed by atoms with E-state index in [9.17, 15) is 24.0 Å². The molecule has 0 bridgehead atoms. The van der Waals surface area contributed by atoms with E-state index in [0.29, 0.717) is 23.0 Å². The molecule has 0 aliphatic carbocycles. The van der Waals surface area contributed by atoms with Gasteiger partial charge in [0.1, 0.15) is 17.9 Å². The fourth-order valence-electron chi connectivity index (χ4n) is 5.61. The van der Waals surface area contributed by atoms with Crippen LogP contribution in [0.2, 0.25) is 0 Å². The minimum atomic E-state index is -1.01. The topological polar surface area (TPSA) is 106 Å². The number of pyridine rings is 1. The van der Waals surface area contributed by atoms with E-state index in [4.69, 9.17) is 0 Å². The Hall–Kier alpha value is -4.32. The Morgan fingerprint density at radius 3 is 2.76 bits per heavy atom. The molecule has 1 spiro atoms. The van der Waals surface area contributed by atoms with Crippen LogP contribution in [-0.2, 0) is 15.0 Å². The first-order valence-corrected chi connectivity index (χ1v) is 12.6. The molecule has 2 aliphatic rings. The zero-order valence-electron chi connectivity index (χ0n) is 21.4. The van der Waals surface area contributed by atoms with E-state index in [1.54, 1.807) is 13.1 Å². The van der Waals surface area contributed by atoms with E-state index in [2.05, 4.69) is 16.4 Å². The number of halogens is 1. The summed E-state index contributed by atoms with van der Waals surface area (Å²) in [7, 11) is 1.55. The Morgan fingerprint density at radius 1 is 1.26 bits per heavy atom. The van der Waals surface area contributed by atoms with Gasteiger partial charge in [-0.05, 0) is 48.2 Å². The molecule has 1 fully saturated rings. The van der Waals surface area contributed by atoms with Crippen LogP contribution in [0.3, 0.4) is 0 Å². The van der Waals surface area contributed by atoms with Crippen LogP contribution < -0.4 is 5.32 Å². The fraction of sp³-hybridized carbons (Fsp3) is 0.345. The van der Waals surface area contributed by atoms with E-state index in [1.807, 2.05) is 38.1 Å². The van der Waals surface area contributed by atoms with Crippen molar-refractivity contribution in [3.8, 4) is 6.07 Å². The lowest BCUT2D eigenvalue weighted by Crippen LogP contribution is -2.52. The molecule has 8 nitrogen and oxygen atoms in total. The number of rotatable bonds is 5. The summed E-state index contributed by atoms with van der Waals surface area (Å²) < 4.78 is 13.8. The van der Waals surface area contributed by atoms with Crippen LogP contribution in [0.25, 0.3) is 10.9 Å². The number of likely N-dealkylation sites (tertiary alicyclic amines) is 1. The Morgan fingerprint density at radius 2 is 2.03 bits per heavy atom. The lowest BCUT2D eigenvalue weighted by Gasteiger charge is -2.33. The summed E-state index contributed by atoms with van der Waals surface area (Å²) >= 11 is 0. The number of likely N-dealkylation sites (N-methyl/N-ethyl adjacent to an activating group) is 1. The van der Waals surface area contributed by atoms with Gasteiger partial charge in [-0.2, -0.15) is 5.26 Å². The largest absolute Gasteiger partial charge is 0.330 e. The van der Waals surface area contributed by atoms with Crippen molar-refractivity contribution in [1.29, 1.82) is 5.26 Å². The van der Waals surface area contributed by atoms with Gasteiger partial charge in [-0.1, -0.05) is 32.0 Å². The Bertz CT molecular complexity index is 1500. The monoisotopic (exact) mass is 513 g/mol. The first kappa shape index (κ1) is 25.3. The van der Waals surface area contributed by atoms with Crippen molar-refractivity contribution in [2.75, 3.05) is 18.9 Å². The number of carbonyl (C=O) groups excluding carboxylic acids is 3. The molecular formula is C29H28FN5O3. The number of aromatic nitrogens is 1. The van der Waals surface area contributed by atoms with E-state index in [0.717, 1.165) is 5.56 Å². The third-order valence-electron chi connectivity index (χ3n) is 7.57. The predicted octanol–water partition coefficient (Wildman–Crippen LogP) is 3.88. The van der Waals surface area contributed by atoms with Crippen LogP contribution in [0.15, 0.2) is 54.7 Å². The number of para-hydroxylation sites is 1. The van der Waals surface area contributed by atoms with Crippen molar-refractivity contribution in [2.45, 2.75) is 44.2 Å². The van der Waals surface area contributed by atoms with Gasteiger partial charge in [0, 0.05) is 37.3 Å². The van der Waals surface area contributed by atoms with Crippen molar-refractivity contribution in [1.82, 2.24) is 14.8 Å². The number of benzene rings is 2. The number of carbonyl (C=O) groups is 3. The van der Waals surface area contributed by atoms with Gasteiger partial charge in [0.05, 0.1) is 22.6 Å². The predicted molar refractivity (Wildman–Crippen MR) is 140 cm³/mol. The molecule has 1 saturated heterocycles. The second kappa shape index (κ2) is 9.53. The van der Waals surface area contributed by atoms with Crippen molar-refractivity contribution in [2.24, 2.45) is 5.92 Å². The minimum Gasteiger partial charge on any atom is -0.330 e. The summed E-state index contributed by atoms with van der Waals surface area (Å²) in [5.74, 6) is -1.42. The van der Waals surface area contributed by atoms with Crippen LogP contribution in [0.4, 0.5) is 10.1 Å². The SMILES string of the molecule is CC(C)C[C@@H](C(=O)N1C[C@]2(C[C@H]1C#N)C(=O)Nc1ccccc12)N(C)C(=O)c1cnc2ccc(F)cc2c1. The summed E-state index contributed by atoms with van der Waals surface area (Å²) in [5.41, 5.74) is 1.24. The summed E-state index contributed by atoms with van der Waals surface area (Å²) in [4.78, 5) is 47.8. The highest BCUT2D eigenvalue weighted by atomic mass is 19.1. The van der Waals surface area contributed by atoms with E-state index in [1.165, 1.54) is 34.2 Å². The van der Waals surface area contributed by atoms with E-state index < -0.39 is 29.2 Å². The van der Waals surface area contributed by atoms with Crippen LogP contribution in [0.1, 0.15) is 42.6 Å². The van der Waals surface area contributed by atoms with Crippen LogP contribution in [-0.4, -0.2) is 58.2 Å². The molecule has 3 amide bonds. The van der Waals surface area contributed by atoms with Gasteiger partial charge in [-0.3, -0.25) is 19.4 Å². The number of nitrogens with zero attached hydrogens (tertiary/aromatic N) is 4. The molecular weight excluding hydrogens is 485 g/mol. The molecule has 0 saturated carbocycles. The average Bonchev–Trinajstić information content (AvgIpc) is 3.43. The first-order chi connectivity index (χ1) is 18.1.